The Labute approximate surface area is 96.5 Å². The van der Waals surface area contributed by atoms with Gasteiger partial charge in [-0.05, 0) is 12.1 Å². The van der Waals surface area contributed by atoms with Gasteiger partial charge in [0.25, 0.3) is 0 Å². The molecule has 0 aromatic heterocycles. The summed E-state index contributed by atoms with van der Waals surface area (Å²) in [6.07, 6.45) is -4.41. The van der Waals surface area contributed by atoms with Crippen LogP contribution in [0.4, 0.5) is 13.2 Å². The van der Waals surface area contributed by atoms with Crippen LogP contribution in [0.1, 0.15) is 11.1 Å². The summed E-state index contributed by atoms with van der Waals surface area (Å²) in [5, 5.41) is 10.8. The average molecular weight is 302 g/mol. The van der Waals surface area contributed by atoms with Crippen LogP contribution in [0.2, 0.25) is 0 Å². The molecule has 0 saturated heterocycles. The van der Waals surface area contributed by atoms with Gasteiger partial charge in [0, 0.05) is 10.0 Å². The van der Waals surface area contributed by atoms with Crippen LogP contribution in [0.15, 0.2) is 27.8 Å². The molecule has 0 fully saturated rings. The maximum absolute atomic E-state index is 12.2. The molecule has 1 aromatic rings. The number of hydrogen-bond acceptors (Lipinski definition) is 2. The summed E-state index contributed by atoms with van der Waals surface area (Å²) in [6.45, 7) is 0. The van der Waals surface area contributed by atoms with Gasteiger partial charge in [-0.15, -0.1) is 0 Å². The summed E-state index contributed by atoms with van der Waals surface area (Å²) in [6, 6.07) is 2.84. The largest absolute Gasteiger partial charge is 0.416 e. The Kier molecular flexibility index (Phi) is 3.62. The van der Waals surface area contributed by atoms with Crippen LogP contribution in [0.3, 0.4) is 0 Å². The lowest BCUT2D eigenvalue weighted by molar-refractivity contribution is -0.137. The van der Waals surface area contributed by atoms with Crippen LogP contribution in [0.25, 0.3) is 0 Å². The number of hydrogen-bond donors (Lipinski definition) is 1. The second-order valence-corrected chi connectivity index (χ2v) is 3.80. The van der Waals surface area contributed by atoms with E-state index in [1.165, 1.54) is 0 Å². The van der Waals surface area contributed by atoms with Crippen molar-refractivity contribution in [1.82, 2.24) is 0 Å². The monoisotopic (exact) mass is 301 g/mol. The van der Waals surface area contributed by atoms with Gasteiger partial charge >= 0.3 is 6.18 Å². The number of halogens is 5. The van der Waals surface area contributed by atoms with Crippen LogP contribution in [-0.2, 0) is 6.18 Å². The molecule has 0 amide bonds. The Morgan fingerprint density at radius 1 is 1.40 bits per heavy atom. The minimum absolute atomic E-state index is 0.111. The standard InChI is InChI=1S/C8H4BrClF3NO/c9-6-3-4(8(11,12)13)1-2-5(6)7(10)14-15/h1-3,15H/b14-7+. The first-order valence-corrected chi connectivity index (χ1v) is 4.78. The second kappa shape index (κ2) is 4.40. The summed E-state index contributed by atoms with van der Waals surface area (Å²) in [5.41, 5.74) is -0.618. The summed E-state index contributed by atoms with van der Waals surface area (Å²) >= 11 is 8.36. The third-order valence-electron chi connectivity index (χ3n) is 1.61. The van der Waals surface area contributed by atoms with E-state index in [1.54, 1.807) is 0 Å². The normalized spacial score (nSPS) is 13.0. The molecule has 0 saturated carbocycles. The summed E-state index contributed by atoms with van der Waals surface area (Å²) in [7, 11) is 0. The van der Waals surface area contributed by atoms with Crippen molar-refractivity contribution in [3.8, 4) is 0 Å². The summed E-state index contributed by atoms with van der Waals surface area (Å²) in [5.74, 6) is 0. The number of oxime groups is 1. The lowest BCUT2D eigenvalue weighted by atomic mass is 10.1. The Bertz CT molecular complexity index is 405. The first-order valence-electron chi connectivity index (χ1n) is 3.61. The van der Waals surface area contributed by atoms with E-state index in [0.29, 0.717) is 0 Å². The van der Waals surface area contributed by atoms with Crippen LogP contribution in [0.5, 0.6) is 0 Å². The van der Waals surface area contributed by atoms with Gasteiger partial charge in [-0.2, -0.15) is 13.2 Å². The van der Waals surface area contributed by atoms with Gasteiger partial charge in [0.2, 0.25) is 0 Å². The number of nitrogens with zero attached hydrogens (tertiary/aromatic N) is 1. The zero-order valence-corrected chi connectivity index (χ0v) is 9.36. The van der Waals surface area contributed by atoms with Gasteiger partial charge < -0.3 is 5.21 Å². The lowest BCUT2D eigenvalue weighted by Crippen LogP contribution is -2.05. The van der Waals surface area contributed by atoms with Crippen LogP contribution in [0, 0.1) is 0 Å². The molecule has 0 radical (unpaired) electrons. The Balaban J connectivity index is 3.21. The first-order chi connectivity index (χ1) is 6.86. The molecular weight excluding hydrogens is 298 g/mol. The van der Waals surface area contributed by atoms with E-state index in [4.69, 9.17) is 16.8 Å². The molecule has 0 aliphatic rings. The van der Waals surface area contributed by atoms with Gasteiger partial charge in [-0.1, -0.05) is 38.8 Å². The third kappa shape index (κ3) is 2.85. The minimum Gasteiger partial charge on any atom is -0.410 e. The highest BCUT2D eigenvalue weighted by molar-refractivity contribution is 9.10. The Morgan fingerprint density at radius 2 is 2.00 bits per heavy atom. The quantitative estimate of drug-likeness (QED) is 0.477. The van der Waals surface area contributed by atoms with Crippen molar-refractivity contribution in [2.75, 3.05) is 0 Å². The zero-order valence-electron chi connectivity index (χ0n) is 7.02. The van der Waals surface area contributed by atoms with Gasteiger partial charge in [-0.25, -0.2) is 0 Å². The fourth-order valence-corrected chi connectivity index (χ4v) is 1.76. The molecule has 0 atom stereocenters. The van der Waals surface area contributed by atoms with Crippen LogP contribution in [-0.4, -0.2) is 10.4 Å². The highest BCUT2D eigenvalue weighted by Gasteiger charge is 2.31. The van der Waals surface area contributed by atoms with Crippen molar-refractivity contribution in [2.24, 2.45) is 5.16 Å². The molecule has 82 valence electrons. The molecule has 0 aliphatic heterocycles. The van der Waals surface area contributed by atoms with E-state index in [0.717, 1.165) is 18.2 Å². The Morgan fingerprint density at radius 3 is 2.40 bits per heavy atom. The zero-order chi connectivity index (χ0) is 11.6. The summed E-state index contributed by atoms with van der Waals surface area (Å²) < 4.78 is 36.9. The predicted octanol–water partition coefficient (Wildman–Crippen LogP) is 3.84. The maximum atomic E-state index is 12.2. The molecule has 0 spiro atoms. The number of alkyl halides is 3. The van der Waals surface area contributed by atoms with Crippen LogP contribution < -0.4 is 0 Å². The molecule has 1 N–H and O–H groups in total. The summed E-state index contributed by atoms with van der Waals surface area (Å²) in [4.78, 5) is 0. The van der Waals surface area contributed by atoms with Gasteiger partial charge in [0.05, 0.1) is 5.56 Å². The molecule has 2 nitrogen and oxygen atoms in total. The van der Waals surface area contributed by atoms with Gasteiger partial charge in [0.1, 0.15) is 0 Å². The van der Waals surface area contributed by atoms with E-state index in [9.17, 15) is 13.2 Å². The SMILES string of the molecule is O/N=C(/Cl)c1ccc(C(F)(F)F)cc1Br. The molecule has 1 aromatic carbocycles. The highest BCUT2D eigenvalue weighted by atomic mass is 79.9. The second-order valence-electron chi connectivity index (χ2n) is 2.58. The molecule has 15 heavy (non-hydrogen) atoms. The third-order valence-corrected chi connectivity index (χ3v) is 2.54. The smallest absolute Gasteiger partial charge is 0.410 e. The van der Waals surface area contributed by atoms with Crippen molar-refractivity contribution in [1.29, 1.82) is 0 Å². The molecule has 0 heterocycles. The fourth-order valence-electron chi connectivity index (χ4n) is 0.913. The number of benzene rings is 1. The molecular formula is C8H4BrClF3NO. The van der Waals surface area contributed by atoms with E-state index in [1.807, 2.05) is 0 Å². The molecule has 7 heteroatoms. The number of rotatable bonds is 1. The molecule has 0 unspecified atom stereocenters. The molecule has 0 bridgehead atoms. The van der Waals surface area contributed by atoms with E-state index >= 15 is 0 Å². The fraction of sp³-hybridized carbons (Fsp3) is 0.125. The van der Waals surface area contributed by atoms with E-state index in [-0.39, 0.29) is 15.2 Å². The Hall–Kier alpha value is -0.750. The van der Waals surface area contributed by atoms with Crippen molar-refractivity contribution in [2.45, 2.75) is 6.18 Å². The molecule has 1 rings (SSSR count). The van der Waals surface area contributed by atoms with Crippen molar-refractivity contribution >= 4 is 32.7 Å². The lowest BCUT2D eigenvalue weighted by Gasteiger charge is -2.08. The van der Waals surface area contributed by atoms with Gasteiger partial charge in [-0.3, -0.25) is 0 Å². The first kappa shape index (κ1) is 12.3. The van der Waals surface area contributed by atoms with Crippen molar-refractivity contribution < 1.29 is 18.4 Å². The van der Waals surface area contributed by atoms with Gasteiger partial charge in [0.15, 0.2) is 5.17 Å². The van der Waals surface area contributed by atoms with Crippen LogP contribution >= 0.6 is 27.5 Å². The maximum Gasteiger partial charge on any atom is 0.416 e. The topological polar surface area (TPSA) is 32.6 Å². The highest BCUT2D eigenvalue weighted by Crippen LogP contribution is 2.32. The van der Waals surface area contributed by atoms with Crippen molar-refractivity contribution in [3.63, 3.8) is 0 Å². The van der Waals surface area contributed by atoms with E-state index in [2.05, 4.69) is 21.1 Å². The van der Waals surface area contributed by atoms with Crippen molar-refractivity contribution in [3.05, 3.63) is 33.8 Å². The predicted molar refractivity (Wildman–Crippen MR) is 53.3 cm³/mol. The molecule has 0 aliphatic carbocycles. The average Bonchev–Trinajstić information content (AvgIpc) is 2.15. The van der Waals surface area contributed by atoms with E-state index < -0.39 is 11.7 Å². The minimum atomic E-state index is -4.41.